The van der Waals surface area contributed by atoms with Crippen LogP contribution >= 0.6 is 0 Å². The van der Waals surface area contributed by atoms with Gasteiger partial charge in [-0.25, -0.2) is 4.79 Å². The third-order valence-corrected chi connectivity index (χ3v) is 4.18. The van der Waals surface area contributed by atoms with Crippen LogP contribution in [-0.2, 0) is 11.3 Å². The Bertz CT molecular complexity index is 780. The number of benzene rings is 1. The summed E-state index contributed by atoms with van der Waals surface area (Å²) in [5.74, 6) is -1.05. The molecule has 2 atom stereocenters. The van der Waals surface area contributed by atoms with Crippen molar-refractivity contribution in [2.45, 2.75) is 39.8 Å². The Hall–Kier alpha value is -2.34. The van der Waals surface area contributed by atoms with Gasteiger partial charge in [0.25, 0.3) is 0 Å². The average Bonchev–Trinajstić information content (AvgIpc) is 2.48. The number of nitrogens with one attached hydrogen (secondary N) is 1. The molecule has 124 valence electrons. The Morgan fingerprint density at radius 1 is 1.39 bits per heavy atom. The monoisotopic (exact) mass is 319 g/mol. The van der Waals surface area contributed by atoms with Crippen molar-refractivity contribution in [3.8, 4) is 5.75 Å². The van der Waals surface area contributed by atoms with E-state index in [9.17, 15) is 19.8 Å². The van der Waals surface area contributed by atoms with Gasteiger partial charge in [0.05, 0.1) is 5.56 Å². The van der Waals surface area contributed by atoms with Gasteiger partial charge in [-0.2, -0.15) is 0 Å². The standard InChI is InChI=1S/C17H21NO5/c1-4-9(2)15(17(21)22)18-8-12-13(19)6-5-11-10(3)7-14(20)23-16(11)12/h5-7,9,15,18-19H,4,8H2,1-3H3,(H,21,22)/t9-,15+/m0/s1. The molecule has 23 heavy (non-hydrogen) atoms. The average molecular weight is 319 g/mol. The van der Waals surface area contributed by atoms with Gasteiger partial charge in [0.2, 0.25) is 0 Å². The van der Waals surface area contributed by atoms with E-state index >= 15 is 0 Å². The van der Waals surface area contributed by atoms with Crippen molar-refractivity contribution in [3.05, 3.63) is 39.7 Å². The zero-order chi connectivity index (χ0) is 17.1. The van der Waals surface area contributed by atoms with Crippen LogP contribution in [0.5, 0.6) is 5.75 Å². The van der Waals surface area contributed by atoms with E-state index in [0.717, 1.165) is 10.9 Å². The van der Waals surface area contributed by atoms with Gasteiger partial charge in [-0.1, -0.05) is 20.3 Å². The van der Waals surface area contributed by atoms with Crippen LogP contribution in [0.2, 0.25) is 0 Å². The molecule has 0 aliphatic rings. The summed E-state index contributed by atoms with van der Waals surface area (Å²) in [5.41, 5.74) is 0.918. The fourth-order valence-corrected chi connectivity index (χ4v) is 2.58. The molecule has 6 heteroatoms. The first-order valence-electron chi connectivity index (χ1n) is 7.56. The number of aliphatic carboxylic acids is 1. The summed E-state index contributed by atoms with van der Waals surface area (Å²) < 4.78 is 5.23. The first-order valence-corrected chi connectivity index (χ1v) is 7.56. The van der Waals surface area contributed by atoms with E-state index < -0.39 is 17.6 Å². The van der Waals surface area contributed by atoms with Gasteiger partial charge in [0, 0.05) is 18.0 Å². The van der Waals surface area contributed by atoms with Crippen LogP contribution in [0.15, 0.2) is 27.4 Å². The lowest BCUT2D eigenvalue weighted by Crippen LogP contribution is -2.41. The van der Waals surface area contributed by atoms with Crippen LogP contribution in [0.1, 0.15) is 31.4 Å². The van der Waals surface area contributed by atoms with Crippen molar-refractivity contribution in [3.63, 3.8) is 0 Å². The fraction of sp³-hybridized carbons (Fsp3) is 0.412. The zero-order valence-corrected chi connectivity index (χ0v) is 13.4. The van der Waals surface area contributed by atoms with Gasteiger partial charge in [0.1, 0.15) is 17.4 Å². The van der Waals surface area contributed by atoms with Crippen molar-refractivity contribution >= 4 is 16.9 Å². The number of aryl methyl sites for hydroxylation is 1. The van der Waals surface area contributed by atoms with Gasteiger partial charge in [-0.05, 0) is 30.5 Å². The second-order valence-corrected chi connectivity index (χ2v) is 5.77. The molecular formula is C17H21NO5. The van der Waals surface area contributed by atoms with Gasteiger partial charge >= 0.3 is 11.6 Å². The molecule has 0 radical (unpaired) electrons. The predicted molar refractivity (Wildman–Crippen MR) is 86.6 cm³/mol. The lowest BCUT2D eigenvalue weighted by Gasteiger charge is -2.20. The maximum Gasteiger partial charge on any atom is 0.336 e. The lowest BCUT2D eigenvalue weighted by atomic mass is 9.98. The molecule has 0 spiro atoms. The van der Waals surface area contributed by atoms with Gasteiger partial charge in [-0.15, -0.1) is 0 Å². The molecule has 2 rings (SSSR count). The third-order valence-electron chi connectivity index (χ3n) is 4.18. The number of fused-ring (bicyclic) bond motifs is 1. The molecule has 1 heterocycles. The maximum absolute atomic E-state index is 11.6. The summed E-state index contributed by atoms with van der Waals surface area (Å²) in [6, 6.07) is 3.84. The molecule has 0 saturated carbocycles. The Balaban J connectivity index is 2.41. The molecule has 2 aromatic rings. The maximum atomic E-state index is 11.6. The summed E-state index contributed by atoms with van der Waals surface area (Å²) in [7, 11) is 0. The normalized spacial score (nSPS) is 13.9. The molecule has 0 unspecified atom stereocenters. The summed E-state index contributed by atoms with van der Waals surface area (Å²) in [6.45, 7) is 5.64. The van der Waals surface area contributed by atoms with Crippen molar-refractivity contribution in [1.82, 2.24) is 5.32 Å². The van der Waals surface area contributed by atoms with Crippen LogP contribution in [0.3, 0.4) is 0 Å². The van der Waals surface area contributed by atoms with Crippen LogP contribution in [-0.4, -0.2) is 22.2 Å². The molecule has 1 aromatic carbocycles. The van der Waals surface area contributed by atoms with E-state index in [1.165, 1.54) is 12.1 Å². The van der Waals surface area contributed by atoms with E-state index in [-0.39, 0.29) is 23.8 Å². The number of rotatable bonds is 6. The number of phenolic OH excluding ortho intramolecular Hbond substituents is 1. The molecule has 0 aliphatic carbocycles. The Kier molecular flexibility index (Phi) is 5.05. The zero-order valence-electron chi connectivity index (χ0n) is 13.4. The minimum Gasteiger partial charge on any atom is -0.507 e. The molecule has 3 N–H and O–H groups in total. The van der Waals surface area contributed by atoms with Crippen LogP contribution in [0, 0.1) is 12.8 Å². The van der Waals surface area contributed by atoms with Crippen LogP contribution < -0.4 is 10.9 Å². The SMILES string of the molecule is CC[C@H](C)[C@@H](NCc1c(O)ccc2c(C)cc(=O)oc12)C(=O)O. The minimum atomic E-state index is -0.947. The minimum absolute atomic E-state index is 0.0351. The number of hydrogen-bond acceptors (Lipinski definition) is 5. The number of carbonyl (C=O) groups is 1. The fourth-order valence-electron chi connectivity index (χ4n) is 2.58. The molecule has 0 saturated heterocycles. The molecule has 0 aliphatic heterocycles. The van der Waals surface area contributed by atoms with Crippen LogP contribution in [0.25, 0.3) is 11.0 Å². The van der Waals surface area contributed by atoms with Crippen molar-refractivity contribution in [2.24, 2.45) is 5.92 Å². The van der Waals surface area contributed by atoms with E-state index in [2.05, 4.69) is 5.32 Å². The highest BCUT2D eigenvalue weighted by molar-refractivity contribution is 5.85. The molecule has 0 amide bonds. The van der Waals surface area contributed by atoms with Crippen molar-refractivity contribution in [1.29, 1.82) is 0 Å². The number of carboxylic acid groups (broad SMARTS) is 1. The Labute approximate surface area is 133 Å². The first-order chi connectivity index (χ1) is 10.8. The highest BCUT2D eigenvalue weighted by Crippen LogP contribution is 2.28. The summed E-state index contributed by atoms with van der Waals surface area (Å²) >= 11 is 0. The highest BCUT2D eigenvalue weighted by Gasteiger charge is 2.24. The van der Waals surface area contributed by atoms with E-state index in [1.54, 1.807) is 13.0 Å². The number of hydrogen-bond donors (Lipinski definition) is 3. The van der Waals surface area contributed by atoms with E-state index in [4.69, 9.17) is 4.42 Å². The van der Waals surface area contributed by atoms with Gasteiger partial charge in [0.15, 0.2) is 0 Å². The summed E-state index contributed by atoms with van der Waals surface area (Å²) in [5, 5.41) is 23.1. The molecule has 6 nitrogen and oxygen atoms in total. The molecular weight excluding hydrogens is 298 g/mol. The third kappa shape index (κ3) is 3.53. The summed E-state index contributed by atoms with van der Waals surface area (Å²) in [6.07, 6.45) is 0.708. The molecule has 1 aromatic heterocycles. The van der Waals surface area contributed by atoms with Crippen LogP contribution in [0.4, 0.5) is 0 Å². The van der Waals surface area contributed by atoms with E-state index in [0.29, 0.717) is 12.0 Å². The second-order valence-electron chi connectivity index (χ2n) is 5.77. The summed E-state index contributed by atoms with van der Waals surface area (Å²) in [4.78, 5) is 23.0. The van der Waals surface area contributed by atoms with Gasteiger partial charge < -0.3 is 14.6 Å². The second kappa shape index (κ2) is 6.83. The quantitative estimate of drug-likeness (QED) is 0.707. The predicted octanol–water partition coefficient (Wildman–Crippen LogP) is 2.40. The lowest BCUT2D eigenvalue weighted by molar-refractivity contribution is -0.140. The van der Waals surface area contributed by atoms with Crippen molar-refractivity contribution in [2.75, 3.05) is 0 Å². The molecule has 0 bridgehead atoms. The Morgan fingerprint density at radius 2 is 2.09 bits per heavy atom. The molecule has 0 fully saturated rings. The topological polar surface area (TPSA) is 99.8 Å². The largest absolute Gasteiger partial charge is 0.507 e. The number of aromatic hydroxyl groups is 1. The van der Waals surface area contributed by atoms with E-state index in [1.807, 2.05) is 13.8 Å². The smallest absolute Gasteiger partial charge is 0.336 e. The number of phenols is 1. The Morgan fingerprint density at radius 3 is 2.70 bits per heavy atom. The number of carboxylic acids is 1. The van der Waals surface area contributed by atoms with Crippen molar-refractivity contribution < 1.29 is 19.4 Å². The highest BCUT2D eigenvalue weighted by atomic mass is 16.4. The first kappa shape index (κ1) is 17.0. The van der Waals surface area contributed by atoms with Gasteiger partial charge in [-0.3, -0.25) is 10.1 Å².